The van der Waals surface area contributed by atoms with Gasteiger partial charge in [-0.2, -0.15) is 0 Å². The minimum absolute atomic E-state index is 0.228. The van der Waals surface area contributed by atoms with Crippen LogP contribution in [-0.4, -0.2) is 26.6 Å². The fourth-order valence-electron chi connectivity index (χ4n) is 3.36. The highest BCUT2D eigenvalue weighted by atomic mass is 32.2. The molecule has 28 heavy (non-hydrogen) atoms. The molecule has 0 bridgehead atoms. The van der Waals surface area contributed by atoms with Crippen molar-refractivity contribution in [3.8, 4) is 0 Å². The van der Waals surface area contributed by atoms with E-state index in [0.717, 1.165) is 28.5 Å². The van der Waals surface area contributed by atoms with Gasteiger partial charge in [0.25, 0.3) is 0 Å². The Bertz CT molecular complexity index is 966. The predicted octanol–water partition coefficient (Wildman–Crippen LogP) is 3.95. The Balaban J connectivity index is 2.28. The molecule has 0 saturated heterocycles. The second-order valence-electron chi connectivity index (χ2n) is 7.59. The molecule has 2 atom stereocenters. The molecular formula is C22H30N2O3S. The van der Waals surface area contributed by atoms with Gasteiger partial charge in [-0.3, -0.25) is 9.10 Å². The molecule has 0 radical (unpaired) electrons. The molecule has 152 valence electrons. The van der Waals surface area contributed by atoms with Crippen molar-refractivity contribution in [1.29, 1.82) is 0 Å². The van der Waals surface area contributed by atoms with E-state index in [1.165, 1.54) is 9.87 Å². The van der Waals surface area contributed by atoms with Crippen molar-refractivity contribution >= 4 is 21.6 Å². The fraction of sp³-hybridized carbons (Fsp3) is 0.409. The number of hydrogen-bond donors (Lipinski definition) is 1. The van der Waals surface area contributed by atoms with E-state index in [2.05, 4.69) is 24.4 Å². The van der Waals surface area contributed by atoms with Crippen LogP contribution in [0.3, 0.4) is 0 Å². The monoisotopic (exact) mass is 402 g/mol. The summed E-state index contributed by atoms with van der Waals surface area (Å²) in [7, 11) is -3.62. The third-order valence-corrected chi connectivity index (χ3v) is 6.33. The molecule has 0 saturated carbocycles. The molecule has 0 heterocycles. The molecule has 0 aliphatic rings. The van der Waals surface area contributed by atoms with Crippen LogP contribution in [0.2, 0.25) is 0 Å². The largest absolute Gasteiger partial charge is 0.348 e. The van der Waals surface area contributed by atoms with Crippen LogP contribution >= 0.6 is 0 Å². The van der Waals surface area contributed by atoms with Gasteiger partial charge in [-0.25, -0.2) is 8.42 Å². The van der Waals surface area contributed by atoms with Gasteiger partial charge in [0.15, 0.2) is 0 Å². The van der Waals surface area contributed by atoms with Crippen molar-refractivity contribution in [1.82, 2.24) is 5.32 Å². The molecule has 2 rings (SSSR count). The number of nitrogens with zero attached hydrogens (tertiary/aromatic N) is 1. The van der Waals surface area contributed by atoms with E-state index in [1.807, 2.05) is 39.8 Å². The molecule has 2 aromatic carbocycles. The number of aryl methyl sites for hydroxylation is 4. The summed E-state index contributed by atoms with van der Waals surface area (Å²) in [6.45, 7) is 11.6. The first-order valence-electron chi connectivity index (χ1n) is 9.36. The van der Waals surface area contributed by atoms with Crippen molar-refractivity contribution in [2.24, 2.45) is 0 Å². The first kappa shape index (κ1) is 22.0. The van der Waals surface area contributed by atoms with Crippen LogP contribution in [0, 0.1) is 27.7 Å². The van der Waals surface area contributed by atoms with Gasteiger partial charge in [0.05, 0.1) is 18.0 Å². The van der Waals surface area contributed by atoms with Gasteiger partial charge >= 0.3 is 0 Å². The number of anilines is 1. The number of amides is 1. The van der Waals surface area contributed by atoms with Crippen molar-refractivity contribution in [2.45, 2.75) is 53.6 Å². The van der Waals surface area contributed by atoms with Gasteiger partial charge in [0.1, 0.15) is 6.04 Å². The quantitative estimate of drug-likeness (QED) is 0.795. The third-order valence-electron chi connectivity index (χ3n) is 5.08. The van der Waals surface area contributed by atoms with Crippen molar-refractivity contribution in [3.63, 3.8) is 0 Å². The Hall–Kier alpha value is -2.34. The second kappa shape index (κ2) is 8.35. The number of rotatable bonds is 6. The smallest absolute Gasteiger partial charge is 0.244 e. The number of carbonyl (C=O) groups is 1. The molecular weight excluding hydrogens is 372 g/mol. The van der Waals surface area contributed by atoms with E-state index in [0.29, 0.717) is 5.69 Å². The van der Waals surface area contributed by atoms with Crippen LogP contribution in [0.4, 0.5) is 5.69 Å². The molecule has 2 aromatic rings. The number of nitrogens with one attached hydrogen (secondary N) is 1. The molecule has 1 amide bonds. The van der Waals surface area contributed by atoms with Gasteiger partial charge in [0, 0.05) is 0 Å². The molecule has 0 aliphatic carbocycles. The summed E-state index contributed by atoms with van der Waals surface area (Å²) >= 11 is 0. The van der Waals surface area contributed by atoms with Gasteiger partial charge in [-0.05, 0) is 75.9 Å². The summed E-state index contributed by atoms with van der Waals surface area (Å²) in [4.78, 5) is 12.9. The van der Waals surface area contributed by atoms with Crippen LogP contribution in [0.15, 0.2) is 36.4 Å². The molecule has 0 aliphatic heterocycles. The zero-order valence-corrected chi connectivity index (χ0v) is 18.5. The Morgan fingerprint density at radius 2 is 1.46 bits per heavy atom. The highest BCUT2D eigenvalue weighted by Gasteiger charge is 2.30. The van der Waals surface area contributed by atoms with Gasteiger partial charge in [0.2, 0.25) is 15.9 Å². The van der Waals surface area contributed by atoms with Crippen LogP contribution in [0.1, 0.15) is 47.7 Å². The SMILES string of the molecule is Cc1ccc(N(C(C)C(=O)NC(C)c2cc(C)c(C)cc2C)S(C)(=O)=O)cc1. The molecule has 0 fully saturated rings. The maximum Gasteiger partial charge on any atom is 0.244 e. The fourth-order valence-corrected chi connectivity index (χ4v) is 4.54. The van der Waals surface area contributed by atoms with Gasteiger partial charge in [-0.15, -0.1) is 0 Å². The lowest BCUT2D eigenvalue weighted by molar-refractivity contribution is -0.122. The number of hydrogen-bond acceptors (Lipinski definition) is 3. The normalized spacial score (nSPS) is 13.7. The number of benzene rings is 2. The molecule has 0 spiro atoms. The molecule has 6 heteroatoms. The summed E-state index contributed by atoms with van der Waals surface area (Å²) in [5.74, 6) is -0.337. The molecule has 2 unspecified atom stereocenters. The maximum absolute atomic E-state index is 12.9. The zero-order chi connectivity index (χ0) is 21.2. The van der Waals surface area contributed by atoms with Crippen LogP contribution in [-0.2, 0) is 14.8 Å². The minimum Gasteiger partial charge on any atom is -0.348 e. The molecule has 0 aromatic heterocycles. The lowest BCUT2D eigenvalue weighted by atomic mass is 9.96. The van der Waals surface area contributed by atoms with E-state index >= 15 is 0 Å². The summed E-state index contributed by atoms with van der Waals surface area (Å²) in [6.07, 6.45) is 1.12. The highest BCUT2D eigenvalue weighted by Crippen LogP contribution is 2.24. The van der Waals surface area contributed by atoms with Gasteiger partial charge < -0.3 is 5.32 Å². The predicted molar refractivity (Wildman–Crippen MR) is 115 cm³/mol. The number of carbonyl (C=O) groups excluding carboxylic acids is 1. The zero-order valence-electron chi connectivity index (χ0n) is 17.7. The third kappa shape index (κ3) is 4.93. The minimum atomic E-state index is -3.62. The lowest BCUT2D eigenvalue weighted by Crippen LogP contribution is -2.48. The van der Waals surface area contributed by atoms with Gasteiger partial charge in [-0.1, -0.05) is 29.8 Å². The number of sulfonamides is 1. The Kier molecular flexibility index (Phi) is 6.55. The van der Waals surface area contributed by atoms with E-state index in [9.17, 15) is 13.2 Å². The molecule has 1 N–H and O–H groups in total. The van der Waals surface area contributed by atoms with E-state index in [-0.39, 0.29) is 11.9 Å². The molecule has 5 nitrogen and oxygen atoms in total. The standard InChI is InChI=1S/C22H30N2O3S/c1-14-8-10-20(11-9-14)24(28(7,26)27)19(6)22(25)23-18(5)21-13-16(3)15(2)12-17(21)4/h8-13,18-19H,1-7H3,(H,23,25). The van der Waals surface area contributed by atoms with Crippen LogP contribution < -0.4 is 9.62 Å². The maximum atomic E-state index is 12.9. The second-order valence-corrected chi connectivity index (χ2v) is 9.45. The van der Waals surface area contributed by atoms with Crippen molar-refractivity contribution in [3.05, 3.63) is 64.2 Å². The van der Waals surface area contributed by atoms with Crippen LogP contribution in [0.5, 0.6) is 0 Å². The first-order chi connectivity index (χ1) is 12.9. The van der Waals surface area contributed by atoms with E-state index < -0.39 is 16.1 Å². The van der Waals surface area contributed by atoms with E-state index in [4.69, 9.17) is 0 Å². The van der Waals surface area contributed by atoms with E-state index in [1.54, 1.807) is 19.1 Å². The van der Waals surface area contributed by atoms with Crippen molar-refractivity contribution in [2.75, 3.05) is 10.6 Å². The highest BCUT2D eigenvalue weighted by molar-refractivity contribution is 7.92. The topological polar surface area (TPSA) is 66.5 Å². The summed E-state index contributed by atoms with van der Waals surface area (Å²) < 4.78 is 26.0. The Morgan fingerprint density at radius 1 is 0.929 bits per heavy atom. The summed E-state index contributed by atoms with van der Waals surface area (Å²) in [5, 5.41) is 2.97. The average molecular weight is 403 g/mol. The summed E-state index contributed by atoms with van der Waals surface area (Å²) in [6, 6.07) is 10.2. The summed E-state index contributed by atoms with van der Waals surface area (Å²) in [5.41, 5.74) is 5.99. The average Bonchev–Trinajstić information content (AvgIpc) is 2.58. The first-order valence-corrected chi connectivity index (χ1v) is 11.2. The van der Waals surface area contributed by atoms with Crippen molar-refractivity contribution < 1.29 is 13.2 Å². The Morgan fingerprint density at radius 3 is 2.00 bits per heavy atom. The van der Waals surface area contributed by atoms with Crippen LogP contribution in [0.25, 0.3) is 0 Å². The Labute approximate surface area is 168 Å². The lowest BCUT2D eigenvalue weighted by Gasteiger charge is -2.29.